The highest BCUT2D eigenvalue weighted by Crippen LogP contribution is 2.28. The van der Waals surface area contributed by atoms with Crippen LogP contribution in [0.25, 0.3) is 0 Å². The fourth-order valence-corrected chi connectivity index (χ4v) is 5.10. The van der Waals surface area contributed by atoms with E-state index in [-0.39, 0.29) is 5.82 Å². The number of anilines is 1. The molecule has 0 radical (unpaired) electrons. The lowest BCUT2D eigenvalue weighted by Gasteiger charge is -2.46. The zero-order chi connectivity index (χ0) is 17.1. The van der Waals surface area contributed by atoms with Crippen LogP contribution in [0.5, 0.6) is 0 Å². The molecule has 1 unspecified atom stereocenters. The molecule has 2 heterocycles. The molecule has 1 saturated carbocycles. The molecule has 4 rings (SSSR count). The molecule has 25 heavy (non-hydrogen) atoms. The van der Waals surface area contributed by atoms with Crippen LogP contribution in [0.15, 0.2) is 24.3 Å². The van der Waals surface area contributed by atoms with Gasteiger partial charge in [0.25, 0.3) is 0 Å². The molecule has 2 saturated heterocycles. The van der Waals surface area contributed by atoms with Crippen LogP contribution in [0.1, 0.15) is 44.9 Å². The molecular weight excluding hydrogens is 313 g/mol. The molecule has 0 spiro atoms. The molecule has 1 atom stereocenters. The van der Waals surface area contributed by atoms with E-state index in [0.717, 1.165) is 37.9 Å². The van der Waals surface area contributed by atoms with Gasteiger partial charge >= 0.3 is 0 Å². The Morgan fingerprint density at radius 3 is 2.20 bits per heavy atom. The second-order valence-corrected chi connectivity index (χ2v) is 8.06. The molecule has 0 aromatic heterocycles. The molecule has 3 nitrogen and oxygen atoms in total. The van der Waals surface area contributed by atoms with E-state index >= 15 is 0 Å². The number of benzene rings is 1. The van der Waals surface area contributed by atoms with Gasteiger partial charge in [0.15, 0.2) is 0 Å². The summed E-state index contributed by atoms with van der Waals surface area (Å²) in [6.07, 6.45) is 9.78. The van der Waals surface area contributed by atoms with Gasteiger partial charge in [0.1, 0.15) is 5.82 Å². The van der Waals surface area contributed by atoms with Gasteiger partial charge < -0.3 is 4.90 Å². The second kappa shape index (κ2) is 8.05. The smallest absolute Gasteiger partial charge is 0.146 e. The summed E-state index contributed by atoms with van der Waals surface area (Å²) in [6.45, 7) is 6.58. The number of hydrogen-bond donors (Lipinski definition) is 0. The van der Waals surface area contributed by atoms with Crippen molar-refractivity contribution in [1.82, 2.24) is 9.80 Å². The van der Waals surface area contributed by atoms with E-state index in [0.29, 0.717) is 6.04 Å². The number of piperazine rings is 1. The maximum Gasteiger partial charge on any atom is 0.146 e. The van der Waals surface area contributed by atoms with E-state index < -0.39 is 0 Å². The molecule has 138 valence electrons. The standard InChI is InChI=1S/C21H32FN3/c22-20-10-4-5-11-21(20)24-15-13-23(14-16-24)19-9-6-12-25(17-19)18-7-2-1-3-8-18/h4-5,10-11,18-19H,1-3,6-9,12-17H2. The third-order valence-corrected chi connectivity index (χ3v) is 6.54. The molecular formula is C21H32FN3. The van der Waals surface area contributed by atoms with E-state index in [1.165, 1.54) is 58.0 Å². The third-order valence-electron chi connectivity index (χ3n) is 6.54. The minimum atomic E-state index is -0.0860. The van der Waals surface area contributed by atoms with Crippen LogP contribution in [-0.4, -0.2) is 61.2 Å². The van der Waals surface area contributed by atoms with Crippen molar-refractivity contribution in [2.45, 2.75) is 57.0 Å². The van der Waals surface area contributed by atoms with Gasteiger partial charge in [0, 0.05) is 44.8 Å². The van der Waals surface area contributed by atoms with Gasteiger partial charge in [-0.1, -0.05) is 31.4 Å². The second-order valence-electron chi connectivity index (χ2n) is 8.06. The lowest BCUT2D eigenvalue weighted by Crippen LogP contribution is -2.56. The summed E-state index contributed by atoms with van der Waals surface area (Å²) in [5.41, 5.74) is 0.773. The minimum absolute atomic E-state index is 0.0860. The van der Waals surface area contributed by atoms with Gasteiger partial charge in [0.2, 0.25) is 0 Å². The van der Waals surface area contributed by atoms with Gasteiger partial charge in [-0.05, 0) is 44.4 Å². The van der Waals surface area contributed by atoms with E-state index in [4.69, 9.17) is 0 Å². The van der Waals surface area contributed by atoms with Crippen LogP contribution in [0.3, 0.4) is 0 Å². The first kappa shape index (κ1) is 17.3. The fourth-order valence-electron chi connectivity index (χ4n) is 5.10. The molecule has 0 N–H and O–H groups in total. The van der Waals surface area contributed by atoms with Crippen LogP contribution >= 0.6 is 0 Å². The third kappa shape index (κ3) is 4.01. The highest BCUT2D eigenvalue weighted by atomic mass is 19.1. The highest BCUT2D eigenvalue weighted by Gasteiger charge is 2.31. The van der Waals surface area contributed by atoms with Crippen molar-refractivity contribution >= 4 is 5.69 Å². The lowest BCUT2D eigenvalue weighted by atomic mass is 9.91. The SMILES string of the molecule is Fc1ccccc1N1CCN(C2CCCN(C3CCCCC3)C2)CC1. The van der Waals surface area contributed by atoms with Crippen molar-refractivity contribution in [2.75, 3.05) is 44.2 Å². The molecule has 3 fully saturated rings. The highest BCUT2D eigenvalue weighted by molar-refractivity contribution is 5.48. The summed E-state index contributed by atoms with van der Waals surface area (Å²) in [5.74, 6) is -0.0860. The molecule has 1 aromatic carbocycles. The Labute approximate surface area is 151 Å². The minimum Gasteiger partial charge on any atom is -0.367 e. The first-order valence-electron chi connectivity index (χ1n) is 10.3. The average molecular weight is 346 g/mol. The molecule has 2 aliphatic heterocycles. The number of nitrogens with zero attached hydrogens (tertiary/aromatic N) is 3. The van der Waals surface area contributed by atoms with E-state index in [9.17, 15) is 4.39 Å². The van der Waals surface area contributed by atoms with Crippen molar-refractivity contribution in [1.29, 1.82) is 0 Å². The van der Waals surface area contributed by atoms with Crippen molar-refractivity contribution in [3.05, 3.63) is 30.1 Å². The summed E-state index contributed by atoms with van der Waals surface area (Å²) in [6, 6.07) is 8.75. The summed E-state index contributed by atoms with van der Waals surface area (Å²) < 4.78 is 14.0. The predicted molar refractivity (Wildman–Crippen MR) is 102 cm³/mol. The van der Waals surface area contributed by atoms with Gasteiger partial charge in [-0.25, -0.2) is 4.39 Å². The first-order valence-corrected chi connectivity index (χ1v) is 10.3. The Kier molecular flexibility index (Phi) is 5.57. The summed E-state index contributed by atoms with van der Waals surface area (Å²) in [7, 11) is 0. The zero-order valence-corrected chi connectivity index (χ0v) is 15.4. The van der Waals surface area contributed by atoms with Gasteiger partial charge in [-0.2, -0.15) is 0 Å². The van der Waals surface area contributed by atoms with Crippen LogP contribution in [0.4, 0.5) is 10.1 Å². The van der Waals surface area contributed by atoms with Crippen molar-refractivity contribution in [3.8, 4) is 0 Å². The van der Waals surface area contributed by atoms with E-state index in [2.05, 4.69) is 14.7 Å². The van der Waals surface area contributed by atoms with Crippen LogP contribution < -0.4 is 4.90 Å². The fraction of sp³-hybridized carbons (Fsp3) is 0.714. The molecule has 1 aliphatic carbocycles. The van der Waals surface area contributed by atoms with Crippen molar-refractivity contribution in [2.24, 2.45) is 0 Å². The number of para-hydroxylation sites is 1. The maximum absolute atomic E-state index is 14.0. The quantitative estimate of drug-likeness (QED) is 0.826. The average Bonchev–Trinajstić information content (AvgIpc) is 2.69. The van der Waals surface area contributed by atoms with Gasteiger partial charge in [-0.3, -0.25) is 9.80 Å². The van der Waals surface area contributed by atoms with Gasteiger partial charge in [-0.15, -0.1) is 0 Å². The Hall–Kier alpha value is -1.13. The first-order chi connectivity index (χ1) is 12.3. The number of halogens is 1. The molecule has 0 amide bonds. The van der Waals surface area contributed by atoms with Crippen molar-refractivity contribution < 1.29 is 4.39 Å². The molecule has 1 aromatic rings. The summed E-state index contributed by atoms with van der Waals surface area (Å²) >= 11 is 0. The molecule has 0 bridgehead atoms. The van der Waals surface area contributed by atoms with E-state index in [1.54, 1.807) is 12.1 Å². The lowest BCUT2D eigenvalue weighted by molar-refractivity contribution is 0.0553. The zero-order valence-electron chi connectivity index (χ0n) is 15.4. The Bertz CT molecular complexity index is 550. The summed E-state index contributed by atoms with van der Waals surface area (Å²) in [5, 5.41) is 0. The normalized spacial score (nSPS) is 27.6. The van der Waals surface area contributed by atoms with E-state index in [1.807, 2.05) is 12.1 Å². The van der Waals surface area contributed by atoms with Crippen LogP contribution in [0, 0.1) is 5.82 Å². The number of hydrogen-bond acceptors (Lipinski definition) is 3. The largest absolute Gasteiger partial charge is 0.367 e. The molecule has 3 aliphatic rings. The molecule has 4 heteroatoms. The van der Waals surface area contributed by atoms with Crippen molar-refractivity contribution in [3.63, 3.8) is 0 Å². The number of likely N-dealkylation sites (tertiary alicyclic amines) is 1. The van der Waals surface area contributed by atoms with Crippen LogP contribution in [-0.2, 0) is 0 Å². The topological polar surface area (TPSA) is 9.72 Å². The Balaban J connectivity index is 1.32. The Morgan fingerprint density at radius 1 is 0.720 bits per heavy atom. The van der Waals surface area contributed by atoms with Gasteiger partial charge in [0.05, 0.1) is 5.69 Å². The number of piperidine rings is 1. The number of rotatable bonds is 3. The van der Waals surface area contributed by atoms with Crippen LogP contribution in [0.2, 0.25) is 0 Å². The summed E-state index contributed by atoms with van der Waals surface area (Å²) in [4.78, 5) is 7.68. The maximum atomic E-state index is 14.0. The monoisotopic (exact) mass is 345 g/mol. The Morgan fingerprint density at radius 2 is 1.44 bits per heavy atom. The predicted octanol–water partition coefficient (Wildman–Crippen LogP) is 3.74.